The number of benzene rings is 2. The summed E-state index contributed by atoms with van der Waals surface area (Å²) in [6, 6.07) is 13.6. The van der Waals surface area contributed by atoms with Crippen molar-refractivity contribution < 1.29 is 9.53 Å². The molecule has 2 aromatic carbocycles. The zero-order chi connectivity index (χ0) is 18.1. The van der Waals surface area contributed by atoms with E-state index in [0.717, 1.165) is 22.8 Å². The van der Waals surface area contributed by atoms with E-state index in [2.05, 4.69) is 21.5 Å². The fraction of sp³-hybridized carbons (Fsp3) is 0.200. The molecule has 0 fully saturated rings. The number of methoxy groups -OCH3 is 1. The molecule has 2 heterocycles. The minimum atomic E-state index is -0.101. The Labute approximate surface area is 150 Å². The summed E-state index contributed by atoms with van der Waals surface area (Å²) >= 11 is 0. The summed E-state index contributed by atoms with van der Waals surface area (Å²) in [6.07, 6.45) is 2.78. The van der Waals surface area contributed by atoms with E-state index in [0.29, 0.717) is 18.0 Å². The van der Waals surface area contributed by atoms with E-state index >= 15 is 0 Å². The number of aromatic amines is 1. The van der Waals surface area contributed by atoms with Crippen molar-refractivity contribution in [3.8, 4) is 5.88 Å². The zero-order valence-electron chi connectivity index (χ0n) is 14.7. The molecule has 26 heavy (non-hydrogen) atoms. The van der Waals surface area contributed by atoms with Crippen molar-refractivity contribution in [1.29, 1.82) is 0 Å². The molecule has 0 aliphatic carbocycles. The molecule has 0 bridgehead atoms. The van der Waals surface area contributed by atoms with E-state index in [-0.39, 0.29) is 5.91 Å². The zero-order valence-corrected chi connectivity index (χ0v) is 14.7. The molecule has 2 N–H and O–H groups in total. The summed E-state index contributed by atoms with van der Waals surface area (Å²) in [4.78, 5) is 15.7. The molecule has 0 saturated heterocycles. The second-order valence-electron chi connectivity index (χ2n) is 6.23. The van der Waals surface area contributed by atoms with Crippen LogP contribution in [-0.4, -0.2) is 34.3 Å². The highest BCUT2D eigenvalue weighted by molar-refractivity contribution is 5.98. The third-order valence-electron chi connectivity index (χ3n) is 4.59. The van der Waals surface area contributed by atoms with Gasteiger partial charge in [-0.05, 0) is 36.2 Å². The van der Waals surface area contributed by atoms with E-state index in [9.17, 15) is 4.79 Å². The van der Waals surface area contributed by atoms with Crippen LogP contribution in [-0.2, 0) is 13.5 Å². The van der Waals surface area contributed by atoms with Crippen molar-refractivity contribution >= 4 is 27.7 Å². The van der Waals surface area contributed by atoms with Crippen LogP contribution in [0.5, 0.6) is 5.88 Å². The Morgan fingerprint density at radius 3 is 2.92 bits per heavy atom. The smallest absolute Gasteiger partial charge is 0.251 e. The van der Waals surface area contributed by atoms with E-state index in [1.165, 1.54) is 10.9 Å². The quantitative estimate of drug-likeness (QED) is 0.582. The van der Waals surface area contributed by atoms with E-state index in [1.54, 1.807) is 23.9 Å². The monoisotopic (exact) mass is 348 g/mol. The summed E-state index contributed by atoms with van der Waals surface area (Å²) in [5, 5.41) is 9.46. The van der Waals surface area contributed by atoms with Gasteiger partial charge in [0.05, 0.1) is 18.0 Å². The fourth-order valence-electron chi connectivity index (χ4n) is 3.31. The Morgan fingerprint density at radius 2 is 2.08 bits per heavy atom. The Morgan fingerprint density at radius 1 is 1.23 bits per heavy atom. The van der Waals surface area contributed by atoms with Gasteiger partial charge in [0.25, 0.3) is 5.91 Å². The number of H-pyrrole nitrogens is 1. The minimum absolute atomic E-state index is 0.101. The molecule has 0 radical (unpaired) electrons. The van der Waals surface area contributed by atoms with Gasteiger partial charge in [0.15, 0.2) is 0 Å². The number of nitrogens with one attached hydrogen (secondary N) is 2. The Bertz CT molecular complexity index is 1090. The lowest BCUT2D eigenvalue weighted by atomic mass is 10.1. The van der Waals surface area contributed by atoms with Gasteiger partial charge in [-0.3, -0.25) is 4.79 Å². The Hall–Kier alpha value is -3.28. The minimum Gasteiger partial charge on any atom is -0.481 e. The largest absolute Gasteiger partial charge is 0.481 e. The number of aryl methyl sites for hydroxylation is 1. The molecule has 2 aromatic heterocycles. The molecule has 0 atom stereocenters. The van der Waals surface area contributed by atoms with Gasteiger partial charge in [0.2, 0.25) is 5.88 Å². The van der Waals surface area contributed by atoms with Gasteiger partial charge in [-0.2, -0.15) is 5.10 Å². The van der Waals surface area contributed by atoms with Crippen LogP contribution in [0, 0.1) is 0 Å². The Kier molecular flexibility index (Phi) is 4.08. The lowest BCUT2D eigenvalue weighted by Crippen LogP contribution is -2.25. The topological polar surface area (TPSA) is 71.9 Å². The van der Waals surface area contributed by atoms with Crippen LogP contribution in [0.1, 0.15) is 15.9 Å². The second kappa shape index (κ2) is 6.55. The van der Waals surface area contributed by atoms with Gasteiger partial charge in [-0.15, -0.1) is 0 Å². The molecular formula is C20H20N4O2. The predicted molar refractivity (Wildman–Crippen MR) is 102 cm³/mol. The molecule has 132 valence electrons. The molecular weight excluding hydrogens is 328 g/mol. The molecule has 0 aliphatic heterocycles. The Balaban J connectivity index is 1.45. The molecule has 0 saturated carbocycles. The molecule has 6 heteroatoms. The SMILES string of the molecule is COc1c2ccc(C(=O)NCCc3c[nH]c4ccccc34)cc2nn1C. The number of fused-ring (bicyclic) bond motifs is 2. The lowest BCUT2D eigenvalue weighted by Gasteiger charge is -2.05. The van der Waals surface area contributed by atoms with Crippen LogP contribution in [0.15, 0.2) is 48.7 Å². The maximum atomic E-state index is 12.5. The second-order valence-corrected chi connectivity index (χ2v) is 6.23. The first-order valence-electron chi connectivity index (χ1n) is 8.51. The summed E-state index contributed by atoms with van der Waals surface area (Å²) in [5.41, 5.74) is 3.65. The molecule has 0 aliphatic rings. The van der Waals surface area contributed by atoms with Crippen LogP contribution in [0.4, 0.5) is 0 Å². The third-order valence-corrected chi connectivity index (χ3v) is 4.59. The molecule has 0 unspecified atom stereocenters. The fourth-order valence-corrected chi connectivity index (χ4v) is 3.31. The van der Waals surface area contributed by atoms with Crippen LogP contribution >= 0.6 is 0 Å². The van der Waals surface area contributed by atoms with E-state index in [1.807, 2.05) is 37.5 Å². The first-order valence-corrected chi connectivity index (χ1v) is 8.51. The summed E-state index contributed by atoms with van der Waals surface area (Å²) in [7, 11) is 3.43. The number of rotatable bonds is 5. The van der Waals surface area contributed by atoms with Crippen molar-refractivity contribution in [1.82, 2.24) is 20.1 Å². The van der Waals surface area contributed by atoms with Gasteiger partial charge in [0.1, 0.15) is 0 Å². The number of ether oxygens (including phenoxy) is 1. The number of para-hydroxylation sites is 1. The van der Waals surface area contributed by atoms with Crippen molar-refractivity contribution in [3.63, 3.8) is 0 Å². The normalized spacial score (nSPS) is 11.2. The van der Waals surface area contributed by atoms with Crippen LogP contribution in [0.2, 0.25) is 0 Å². The van der Waals surface area contributed by atoms with Gasteiger partial charge in [-0.25, -0.2) is 4.68 Å². The van der Waals surface area contributed by atoms with Crippen molar-refractivity contribution in [2.75, 3.05) is 13.7 Å². The molecule has 4 rings (SSSR count). The first kappa shape index (κ1) is 16.2. The molecule has 6 nitrogen and oxygen atoms in total. The average Bonchev–Trinajstić information content (AvgIpc) is 3.21. The lowest BCUT2D eigenvalue weighted by molar-refractivity contribution is 0.0954. The summed E-state index contributed by atoms with van der Waals surface area (Å²) < 4.78 is 7.01. The molecule has 0 spiro atoms. The van der Waals surface area contributed by atoms with Crippen molar-refractivity contribution in [3.05, 3.63) is 59.8 Å². The third kappa shape index (κ3) is 2.79. The summed E-state index contributed by atoms with van der Waals surface area (Å²) in [5.74, 6) is 0.586. The van der Waals surface area contributed by atoms with Gasteiger partial charge in [0, 0.05) is 36.3 Å². The molecule has 1 amide bonds. The highest BCUT2D eigenvalue weighted by Crippen LogP contribution is 2.25. The van der Waals surface area contributed by atoms with Crippen molar-refractivity contribution in [2.24, 2.45) is 7.05 Å². The van der Waals surface area contributed by atoms with E-state index < -0.39 is 0 Å². The predicted octanol–water partition coefficient (Wildman–Crippen LogP) is 3.04. The van der Waals surface area contributed by atoms with Crippen LogP contribution < -0.4 is 10.1 Å². The average molecular weight is 348 g/mol. The maximum Gasteiger partial charge on any atom is 0.251 e. The van der Waals surface area contributed by atoms with Crippen LogP contribution in [0.3, 0.4) is 0 Å². The number of aromatic nitrogens is 3. The standard InChI is InChI=1S/C20H20N4O2/c1-24-20(26-2)16-8-7-13(11-18(16)23-24)19(25)21-10-9-14-12-22-17-6-4-3-5-15(14)17/h3-8,11-12,22H,9-10H2,1-2H3,(H,21,25). The summed E-state index contributed by atoms with van der Waals surface area (Å²) in [6.45, 7) is 0.574. The highest BCUT2D eigenvalue weighted by atomic mass is 16.5. The number of hydrogen-bond acceptors (Lipinski definition) is 3. The number of hydrogen-bond donors (Lipinski definition) is 2. The van der Waals surface area contributed by atoms with Crippen molar-refractivity contribution in [2.45, 2.75) is 6.42 Å². The first-order chi connectivity index (χ1) is 12.7. The number of nitrogens with zero attached hydrogens (tertiary/aromatic N) is 2. The van der Waals surface area contributed by atoms with Gasteiger partial charge in [-0.1, -0.05) is 18.2 Å². The number of carbonyl (C=O) groups is 1. The van der Waals surface area contributed by atoms with Crippen LogP contribution in [0.25, 0.3) is 21.8 Å². The maximum absolute atomic E-state index is 12.5. The number of amides is 1. The highest BCUT2D eigenvalue weighted by Gasteiger charge is 2.13. The van der Waals surface area contributed by atoms with E-state index in [4.69, 9.17) is 4.74 Å². The van der Waals surface area contributed by atoms with Gasteiger partial charge >= 0.3 is 0 Å². The number of carbonyl (C=O) groups excluding carboxylic acids is 1. The van der Waals surface area contributed by atoms with Gasteiger partial charge < -0.3 is 15.0 Å². The molecule has 4 aromatic rings.